The molecule has 3 aromatic heterocycles. The summed E-state index contributed by atoms with van der Waals surface area (Å²) in [5.41, 5.74) is 0.521. The molecule has 0 unspecified atom stereocenters. The summed E-state index contributed by atoms with van der Waals surface area (Å²) < 4.78 is 41.8. The van der Waals surface area contributed by atoms with Gasteiger partial charge in [0.05, 0.1) is 23.9 Å². The highest BCUT2D eigenvalue weighted by Crippen LogP contribution is 2.30. The van der Waals surface area contributed by atoms with Crippen molar-refractivity contribution in [3.63, 3.8) is 0 Å². The molecule has 8 nitrogen and oxygen atoms in total. The van der Waals surface area contributed by atoms with Crippen molar-refractivity contribution in [2.24, 2.45) is 0 Å². The molecule has 1 fully saturated rings. The molecule has 1 saturated heterocycles. The molecule has 0 bridgehead atoms. The van der Waals surface area contributed by atoms with Gasteiger partial charge in [0.25, 0.3) is 0 Å². The quantitative estimate of drug-likeness (QED) is 0.583. The first-order valence-electron chi connectivity index (χ1n) is 9.75. The number of anilines is 2. The molecule has 4 heterocycles. The number of nitrogens with one attached hydrogen (secondary N) is 1. The molecule has 1 aliphatic heterocycles. The van der Waals surface area contributed by atoms with Gasteiger partial charge >= 0.3 is 6.18 Å². The van der Waals surface area contributed by atoms with Crippen molar-refractivity contribution in [1.82, 2.24) is 23.9 Å². The number of hydrogen-bond donors (Lipinski definition) is 1. The molecule has 3 aromatic rings. The number of amides is 1. The van der Waals surface area contributed by atoms with Crippen molar-refractivity contribution in [3.8, 4) is 11.3 Å². The summed E-state index contributed by atoms with van der Waals surface area (Å²) >= 11 is 5.97. The maximum atomic E-state index is 12.9. The third-order valence-corrected chi connectivity index (χ3v) is 5.25. The minimum atomic E-state index is -4.54. The monoisotopic (exact) mass is 465 g/mol. The third kappa shape index (κ3) is 5.35. The van der Waals surface area contributed by atoms with E-state index in [0.717, 1.165) is 44.1 Å². The normalized spacial score (nSPS) is 15.1. The summed E-state index contributed by atoms with van der Waals surface area (Å²) in [6.45, 7) is 3.03. The van der Waals surface area contributed by atoms with Crippen molar-refractivity contribution in [1.29, 1.82) is 0 Å². The van der Waals surface area contributed by atoms with Gasteiger partial charge in [-0.05, 0) is 36.0 Å². The van der Waals surface area contributed by atoms with E-state index in [-0.39, 0.29) is 18.0 Å². The number of pyridine rings is 2. The fourth-order valence-electron chi connectivity index (χ4n) is 3.28. The fourth-order valence-corrected chi connectivity index (χ4v) is 3.43. The number of hydrogen-bond acceptors (Lipinski definition) is 6. The van der Waals surface area contributed by atoms with Gasteiger partial charge in [-0.1, -0.05) is 0 Å². The van der Waals surface area contributed by atoms with Gasteiger partial charge in [0.1, 0.15) is 18.1 Å². The first kappa shape index (κ1) is 22.0. The molecule has 1 amide bonds. The Morgan fingerprint density at radius 2 is 1.88 bits per heavy atom. The van der Waals surface area contributed by atoms with Crippen LogP contribution in [0.5, 0.6) is 0 Å². The predicted molar refractivity (Wildman–Crippen MR) is 113 cm³/mol. The van der Waals surface area contributed by atoms with Crippen molar-refractivity contribution in [2.45, 2.75) is 12.7 Å². The Morgan fingerprint density at radius 3 is 2.56 bits per heavy atom. The van der Waals surface area contributed by atoms with E-state index < -0.39 is 11.9 Å². The van der Waals surface area contributed by atoms with Crippen LogP contribution >= 0.6 is 11.8 Å². The Morgan fingerprint density at radius 1 is 1.09 bits per heavy atom. The van der Waals surface area contributed by atoms with E-state index >= 15 is 0 Å². The van der Waals surface area contributed by atoms with Crippen LogP contribution in [0.25, 0.3) is 11.3 Å². The largest absolute Gasteiger partial charge is 0.433 e. The van der Waals surface area contributed by atoms with E-state index in [0.29, 0.717) is 11.5 Å². The Bertz CT molecular complexity index is 1080. The molecule has 0 radical (unpaired) electrons. The van der Waals surface area contributed by atoms with Gasteiger partial charge < -0.3 is 14.8 Å². The first-order valence-corrected chi connectivity index (χ1v) is 10.1. The number of halogens is 4. The van der Waals surface area contributed by atoms with Gasteiger partial charge in [-0.3, -0.25) is 9.78 Å². The van der Waals surface area contributed by atoms with E-state index in [1.807, 2.05) is 6.07 Å². The molecule has 32 heavy (non-hydrogen) atoms. The van der Waals surface area contributed by atoms with Crippen LogP contribution in [-0.4, -0.2) is 56.0 Å². The summed E-state index contributed by atoms with van der Waals surface area (Å²) in [4.78, 5) is 26.2. The second kappa shape index (κ2) is 9.13. The van der Waals surface area contributed by atoms with Crippen molar-refractivity contribution < 1.29 is 18.0 Å². The van der Waals surface area contributed by atoms with Crippen LogP contribution in [0.1, 0.15) is 5.69 Å². The molecule has 1 aliphatic rings. The molecule has 0 aromatic carbocycles. The van der Waals surface area contributed by atoms with E-state index in [2.05, 4.69) is 25.2 Å². The standard InChI is InChI=1S/C20H19ClF3N7O/c21-31-7-5-30(6-8-31)15-1-2-18(26-10-15)28-19(32)12-29-11-16(27-13-29)14-3-4-25-17(9-14)20(22,23)24/h1-4,9-11,13H,5-8,12H2,(H,26,28,32). The van der Waals surface area contributed by atoms with Crippen LogP contribution in [0.3, 0.4) is 0 Å². The van der Waals surface area contributed by atoms with Crippen LogP contribution in [0.4, 0.5) is 24.7 Å². The molecule has 0 atom stereocenters. The lowest BCUT2D eigenvalue weighted by atomic mass is 10.2. The highest BCUT2D eigenvalue weighted by molar-refractivity contribution is 6.13. The Hall–Kier alpha value is -3.18. The number of rotatable bonds is 5. The highest BCUT2D eigenvalue weighted by Gasteiger charge is 2.32. The summed E-state index contributed by atoms with van der Waals surface area (Å²) in [6, 6.07) is 5.95. The molecular weight excluding hydrogens is 447 g/mol. The van der Waals surface area contributed by atoms with Crippen LogP contribution in [0, 0.1) is 0 Å². The van der Waals surface area contributed by atoms with Crippen LogP contribution < -0.4 is 10.2 Å². The zero-order valence-corrected chi connectivity index (χ0v) is 17.5. The summed E-state index contributed by atoms with van der Waals surface area (Å²) in [5, 5.41) is 2.70. The van der Waals surface area contributed by atoms with Crippen molar-refractivity contribution in [3.05, 3.63) is 54.9 Å². The van der Waals surface area contributed by atoms with Gasteiger partial charge in [-0.2, -0.15) is 13.2 Å². The minimum Gasteiger partial charge on any atom is -0.368 e. The fraction of sp³-hybridized carbons (Fsp3) is 0.300. The molecule has 12 heteroatoms. The lowest BCUT2D eigenvalue weighted by molar-refractivity contribution is -0.141. The Labute approximate surface area is 186 Å². The van der Waals surface area contributed by atoms with E-state index in [9.17, 15) is 18.0 Å². The van der Waals surface area contributed by atoms with Gasteiger partial charge in [0.2, 0.25) is 5.91 Å². The third-order valence-electron chi connectivity index (χ3n) is 4.91. The number of piperazine rings is 1. The lowest BCUT2D eigenvalue weighted by Crippen LogP contribution is -2.42. The number of carbonyl (C=O) groups is 1. The van der Waals surface area contributed by atoms with E-state index in [4.69, 9.17) is 11.8 Å². The Kier molecular flexibility index (Phi) is 6.28. The molecule has 4 rings (SSSR count). The topological polar surface area (TPSA) is 79.2 Å². The maximum absolute atomic E-state index is 12.9. The molecule has 168 valence electrons. The summed E-state index contributed by atoms with van der Waals surface area (Å²) in [7, 11) is 0. The van der Waals surface area contributed by atoms with Crippen molar-refractivity contribution in [2.75, 3.05) is 36.4 Å². The number of nitrogens with zero attached hydrogens (tertiary/aromatic N) is 6. The van der Waals surface area contributed by atoms with Crippen molar-refractivity contribution >= 4 is 29.2 Å². The van der Waals surface area contributed by atoms with Gasteiger partial charge in [-0.15, -0.1) is 0 Å². The van der Waals surface area contributed by atoms with Crippen LogP contribution in [0.15, 0.2) is 49.2 Å². The average Bonchev–Trinajstić information content (AvgIpc) is 3.23. The zero-order chi connectivity index (χ0) is 22.7. The molecule has 0 aliphatic carbocycles. The predicted octanol–water partition coefficient (Wildman–Crippen LogP) is 3.27. The smallest absolute Gasteiger partial charge is 0.368 e. The van der Waals surface area contributed by atoms with Crippen LogP contribution in [0.2, 0.25) is 0 Å². The molecule has 0 spiro atoms. The van der Waals surface area contributed by atoms with Gasteiger partial charge in [0, 0.05) is 44.1 Å². The summed E-state index contributed by atoms with van der Waals surface area (Å²) in [5.74, 6) is 0.0645. The number of alkyl halides is 3. The zero-order valence-electron chi connectivity index (χ0n) is 16.8. The van der Waals surface area contributed by atoms with Gasteiger partial charge in [0.15, 0.2) is 0 Å². The van der Waals surface area contributed by atoms with E-state index in [1.165, 1.54) is 23.2 Å². The lowest BCUT2D eigenvalue weighted by Gasteiger charge is -2.32. The van der Waals surface area contributed by atoms with Gasteiger partial charge in [-0.25, -0.2) is 14.4 Å². The maximum Gasteiger partial charge on any atom is 0.433 e. The molecule has 0 saturated carbocycles. The Balaban J connectivity index is 1.36. The second-order valence-corrected chi connectivity index (χ2v) is 7.68. The minimum absolute atomic E-state index is 0.0642. The van der Waals surface area contributed by atoms with Crippen LogP contribution in [-0.2, 0) is 17.5 Å². The first-order chi connectivity index (χ1) is 15.3. The number of imidazole rings is 1. The number of aromatic nitrogens is 4. The molecular formula is C20H19ClF3N7O. The second-order valence-electron chi connectivity index (χ2n) is 7.21. The molecule has 1 N–H and O–H groups in total. The SMILES string of the molecule is O=C(Cn1cnc(-c2ccnc(C(F)(F)F)c2)c1)Nc1ccc(N2CCN(Cl)CC2)cn1. The van der Waals surface area contributed by atoms with E-state index in [1.54, 1.807) is 16.7 Å². The number of carbonyl (C=O) groups excluding carboxylic acids is 1. The summed E-state index contributed by atoms with van der Waals surface area (Å²) in [6.07, 6.45) is 1.11. The average molecular weight is 466 g/mol. The highest BCUT2D eigenvalue weighted by atomic mass is 35.5.